The van der Waals surface area contributed by atoms with Crippen LogP contribution in [0.2, 0.25) is 19.6 Å². The molecule has 0 N–H and O–H groups in total. The zero-order valence-electron chi connectivity index (χ0n) is 11.0. The van der Waals surface area contributed by atoms with Gasteiger partial charge in [-0.25, -0.2) is 0 Å². The predicted molar refractivity (Wildman–Crippen MR) is 76.3 cm³/mol. The summed E-state index contributed by atoms with van der Waals surface area (Å²) in [5.41, 5.74) is 0.789. The fraction of sp³-hybridized carbons (Fsp3) is 0.286. The van der Waals surface area contributed by atoms with Crippen molar-refractivity contribution in [3.05, 3.63) is 44.7 Å². The maximum Gasteiger partial charge on any atom is 0.233 e. The maximum atomic E-state index is 11.8. The number of hydrogen-bond acceptors (Lipinski definition) is 3. The van der Waals surface area contributed by atoms with Crippen LogP contribution < -0.4 is 20.8 Å². The highest BCUT2D eigenvalue weighted by atomic mass is 28.3. The molecule has 0 aromatic heterocycles. The molecular weight excluding hydrogens is 244 g/mol. The molecule has 0 aliphatic carbocycles. The molecule has 2 aromatic rings. The minimum Gasteiger partial charge on any atom is -0.497 e. The van der Waals surface area contributed by atoms with Crippen LogP contribution in [0.1, 0.15) is 0 Å². The van der Waals surface area contributed by atoms with Gasteiger partial charge in [-0.2, -0.15) is 0 Å². The molecule has 0 fully saturated rings. The van der Waals surface area contributed by atoms with Crippen molar-refractivity contribution in [2.24, 2.45) is 0 Å². The van der Waals surface area contributed by atoms with Crippen molar-refractivity contribution in [1.29, 1.82) is 0 Å². The lowest BCUT2D eigenvalue weighted by atomic mass is 10.0. The smallest absolute Gasteiger partial charge is 0.233 e. The first-order valence-corrected chi connectivity index (χ1v) is 9.34. The Morgan fingerprint density at radius 3 is 1.94 bits per heavy atom. The van der Waals surface area contributed by atoms with Crippen molar-refractivity contribution >= 4 is 13.3 Å². The molecule has 0 spiro atoms. The van der Waals surface area contributed by atoms with Crippen molar-refractivity contribution < 1.29 is 4.74 Å². The normalized spacial score (nSPS) is 11.8. The number of rotatable bonds is 3. The number of hydrogen-bond donors (Lipinski definition) is 0. The van der Waals surface area contributed by atoms with E-state index in [-0.39, 0.29) is 10.9 Å². The highest BCUT2D eigenvalue weighted by Gasteiger charge is 2.31. The highest BCUT2D eigenvalue weighted by molar-refractivity contribution is 6.90. The first-order valence-electron chi connectivity index (χ1n) is 5.84. The van der Waals surface area contributed by atoms with E-state index in [1.807, 2.05) is 12.1 Å². The Balaban J connectivity index is 2.55. The van der Waals surface area contributed by atoms with Gasteiger partial charge in [-0.05, 0) is 17.7 Å². The molecule has 2 aromatic carbocycles. The summed E-state index contributed by atoms with van der Waals surface area (Å²) in [6.07, 6.45) is 0. The van der Waals surface area contributed by atoms with E-state index < -0.39 is 8.07 Å². The molecule has 0 radical (unpaired) electrons. The topological polar surface area (TPSA) is 43.4 Å². The second kappa shape index (κ2) is 4.21. The van der Waals surface area contributed by atoms with Gasteiger partial charge in [0, 0.05) is 10.8 Å². The SMILES string of the molecule is COc1ccc(-c2c([Si](C)(C)C)c(=O)c2=O)cc1. The third-order valence-corrected chi connectivity index (χ3v) is 5.02. The molecule has 0 heterocycles. The average Bonchev–Trinajstić information content (AvgIpc) is 2.33. The Morgan fingerprint density at radius 2 is 1.50 bits per heavy atom. The molecule has 0 saturated carbocycles. The zero-order valence-corrected chi connectivity index (χ0v) is 12.0. The minimum atomic E-state index is -1.77. The van der Waals surface area contributed by atoms with E-state index in [0.717, 1.165) is 16.5 Å². The number of ether oxygens (including phenoxy) is 1. The lowest BCUT2D eigenvalue weighted by molar-refractivity contribution is 0.415. The summed E-state index contributed by atoms with van der Waals surface area (Å²) in [4.78, 5) is 23.5. The largest absolute Gasteiger partial charge is 0.497 e. The predicted octanol–water partition coefficient (Wildman–Crippen LogP) is 1.50. The summed E-state index contributed by atoms with van der Waals surface area (Å²) in [6, 6.07) is 7.28. The molecule has 0 saturated heterocycles. The Labute approximate surface area is 107 Å². The number of methoxy groups -OCH3 is 1. The molecule has 18 heavy (non-hydrogen) atoms. The van der Waals surface area contributed by atoms with E-state index in [9.17, 15) is 9.59 Å². The average molecular weight is 260 g/mol. The van der Waals surface area contributed by atoms with Crippen LogP contribution >= 0.6 is 0 Å². The van der Waals surface area contributed by atoms with Crippen molar-refractivity contribution in [2.75, 3.05) is 7.11 Å². The van der Waals surface area contributed by atoms with Crippen LogP contribution in [0.25, 0.3) is 11.1 Å². The summed E-state index contributed by atoms with van der Waals surface area (Å²) < 4.78 is 5.08. The summed E-state index contributed by atoms with van der Waals surface area (Å²) in [5.74, 6) is 0.743. The van der Waals surface area contributed by atoms with Gasteiger partial charge in [0.15, 0.2) is 0 Å². The van der Waals surface area contributed by atoms with Crippen LogP contribution in [0.4, 0.5) is 0 Å². The lowest BCUT2D eigenvalue weighted by Crippen LogP contribution is -2.60. The van der Waals surface area contributed by atoms with Gasteiger partial charge in [0.05, 0.1) is 15.2 Å². The number of benzene rings is 1. The van der Waals surface area contributed by atoms with E-state index in [2.05, 4.69) is 19.6 Å². The van der Waals surface area contributed by atoms with Gasteiger partial charge in [0.25, 0.3) is 0 Å². The lowest BCUT2D eigenvalue weighted by Gasteiger charge is -2.21. The van der Waals surface area contributed by atoms with Crippen LogP contribution in [0, 0.1) is 0 Å². The van der Waals surface area contributed by atoms with E-state index in [1.54, 1.807) is 19.2 Å². The van der Waals surface area contributed by atoms with Crippen molar-refractivity contribution in [2.45, 2.75) is 19.6 Å². The summed E-state index contributed by atoms with van der Waals surface area (Å²) in [5, 5.41) is 0.762. The Bertz CT molecular complexity index is 641. The fourth-order valence-corrected chi connectivity index (χ4v) is 3.94. The molecule has 0 unspecified atom stereocenters. The molecule has 0 amide bonds. The fourth-order valence-electron chi connectivity index (χ4n) is 2.14. The van der Waals surface area contributed by atoms with Crippen LogP contribution in [-0.4, -0.2) is 15.2 Å². The third kappa shape index (κ3) is 1.93. The zero-order chi connectivity index (χ0) is 13.5. The minimum absolute atomic E-state index is 0.292. The molecular formula is C14H16O3Si. The molecule has 2 rings (SSSR count). The van der Waals surface area contributed by atoms with Crippen LogP contribution in [0.5, 0.6) is 5.75 Å². The van der Waals surface area contributed by atoms with Gasteiger partial charge in [-0.15, -0.1) is 0 Å². The van der Waals surface area contributed by atoms with Gasteiger partial charge in [-0.3, -0.25) is 9.59 Å². The van der Waals surface area contributed by atoms with E-state index in [4.69, 9.17) is 4.74 Å². The van der Waals surface area contributed by atoms with Crippen LogP contribution in [-0.2, 0) is 0 Å². The second-order valence-electron chi connectivity index (χ2n) is 5.39. The van der Waals surface area contributed by atoms with Crippen molar-refractivity contribution in [3.8, 4) is 16.9 Å². The molecule has 3 nitrogen and oxygen atoms in total. The Kier molecular flexibility index (Phi) is 2.98. The molecule has 0 bridgehead atoms. The van der Waals surface area contributed by atoms with Gasteiger partial charge < -0.3 is 4.74 Å². The summed E-state index contributed by atoms with van der Waals surface area (Å²) in [7, 11) is -0.171. The quantitative estimate of drug-likeness (QED) is 0.620. The van der Waals surface area contributed by atoms with E-state index in [0.29, 0.717) is 5.56 Å². The van der Waals surface area contributed by atoms with Crippen LogP contribution in [0.3, 0.4) is 0 Å². The van der Waals surface area contributed by atoms with E-state index >= 15 is 0 Å². The van der Waals surface area contributed by atoms with Gasteiger partial charge in [-0.1, -0.05) is 31.8 Å². The van der Waals surface area contributed by atoms with Crippen LogP contribution in [0.15, 0.2) is 33.9 Å². The monoisotopic (exact) mass is 260 g/mol. The first-order chi connectivity index (χ1) is 8.36. The van der Waals surface area contributed by atoms with Crippen molar-refractivity contribution in [1.82, 2.24) is 0 Å². The Morgan fingerprint density at radius 1 is 0.944 bits per heavy atom. The second-order valence-corrected chi connectivity index (χ2v) is 10.4. The third-order valence-electron chi connectivity index (χ3n) is 3.04. The standard InChI is InChI=1S/C14H16O3Si/c1-17-10-7-5-9(6-8-10)11-12(15)13(16)14(11)18(2,3)4/h5-8H,1-4H3. The maximum absolute atomic E-state index is 11.8. The van der Waals surface area contributed by atoms with Gasteiger partial charge in [0.2, 0.25) is 10.9 Å². The molecule has 4 heteroatoms. The molecule has 0 aliphatic rings. The van der Waals surface area contributed by atoms with Crippen molar-refractivity contribution in [3.63, 3.8) is 0 Å². The molecule has 0 aliphatic heterocycles. The summed E-state index contributed by atoms with van der Waals surface area (Å²) >= 11 is 0. The highest BCUT2D eigenvalue weighted by Crippen LogP contribution is 2.20. The molecule has 94 valence electrons. The first kappa shape index (κ1) is 12.8. The Hall–Kier alpha value is -1.68. The summed E-state index contributed by atoms with van der Waals surface area (Å²) in [6.45, 7) is 6.24. The van der Waals surface area contributed by atoms with Gasteiger partial charge in [0.1, 0.15) is 5.75 Å². The van der Waals surface area contributed by atoms with E-state index in [1.165, 1.54) is 0 Å². The molecule has 0 atom stereocenters. The van der Waals surface area contributed by atoms with Gasteiger partial charge >= 0.3 is 0 Å².